The van der Waals surface area contributed by atoms with Crippen molar-refractivity contribution in [1.82, 2.24) is 15.2 Å². The zero-order valence-electron chi connectivity index (χ0n) is 11.0. The van der Waals surface area contributed by atoms with Crippen LogP contribution in [0.25, 0.3) is 0 Å². The summed E-state index contributed by atoms with van der Waals surface area (Å²) < 4.78 is 31.6. The molecule has 0 atom stereocenters. The van der Waals surface area contributed by atoms with Gasteiger partial charge in [0.15, 0.2) is 0 Å². The number of anilines is 1. The molecule has 0 bridgehead atoms. The van der Waals surface area contributed by atoms with Crippen LogP contribution < -0.4 is 9.46 Å². The van der Waals surface area contributed by atoms with Gasteiger partial charge in [-0.1, -0.05) is 18.7 Å². The largest absolute Gasteiger partial charge is 0.497 e. The molecule has 0 fully saturated rings. The number of aromatic nitrogens is 3. The fraction of sp³-hybridized carbons (Fsp3) is 0.273. The fourth-order valence-electron chi connectivity index (χ4n) is 1.43. The maximum absolute atomic E-state index is 12.1. The summed E-state index contributed by atoms with van der Waals surface area (Å²) in [6.45, 7) is 1.96. The minimum atomic E-state index is -3.69. The van der Waals surface area contributed by atoms with E-state index in [9.17, 15) is 8.42 Å². The monoisotopic (exact) mass is 314 g/mol. The Morgan fingerprint density at radius 1 is 1.35 bits per heavy atom. The van der Waals surface area contributed by atoms with Crippen molar-refractivity contribution in [3.63, 3.8) is 0 Å². The molecule has 9 heteroatoms. The van der Waals surface area contributed by atoms with E-state index in [1.54, 1.807) is 12.1 Å². The van der Waals surface area contributed by atoms with Crippen LogP contribution in [-0.4, -0.2) is 36.5 Å². The fourth-order valence-corrected chi connectivity index (χ4v) is 2.91. The average Bonchev–Trinajstić information content (AvgIpc) is 2.86. The zero-order valence-corrected chi connectivity index (χ0v) is 12.6. The predicted molar refractivity (Wildman–Crippen MR) is 76.6 cm³/mol. The number of aromatic amines is 1. The highest BCUT2D eigenvalue weighted by atomic mass is 32.2. The SMILES string of the molecule is CCSc1n[nH]c(NS(=O)(=O)c2ccc(OC)cc2)n1. The lowest BCUT2D eigenvalue weighted by molar-refractivity contribution is 0.414. The second kappa shape index (κ2) is 6.14. The number of nitrogens with one attached hydrogen (secondary N) is 2. The molecule has 20 heavy (non-hydrogen) atoms. The maximum Gasteiger partial charge on any atom is 0.264 e. The number of ether oxygens (including phenoxy) is 1. The van der Waals surface area contributed by atoms with Crippen molar-refractivity contribution in [3.05, 3.63) is 24.3 Å². The minimum absolute atomic E-state index is 0.0942. The van der Waals surface area contributed by atoms with Crippen LogP contribution in [0.5, 0.6) is 5.75 Å². The van der Waals surface area contributed by atoms with Crippen molar-refractivity contribution in [1.29, 1.82) is 0 Å². The molecule has 2 aromatic rings. The van der Waals surface area contributed by atoms with E-state index >= 15 is 0 Å². The Balaban J connectivity index is 2.16. The Hall–Kier alpha value is -1.74. The molecule has 0 unspecified atom stereocenters. The first kappa shape index (κ1) is 14.7. The van der Waals surface area contributed by atoms with E-state index in [1.807, 2.05) is 6.92 Å². The summed E-state index contributed by atoms with van der Waals surface area (Å²) in [5, 5.41) is 6.93. The lowest BCUT2D eigenvalue weighted by Crippen LogP contribution is -2.13. The summed E-state index contributed by atoms with van der Waals surface area (Å²) in [6, 6.07) is 6.07. The highest BCUT2D eigenvalue weighted by Gasteiger charge is 2.16. The van der Waals surface area contributed by atoms with E-state index in [0.29, 0.717) is 10.9 Å². The number of thioether (sulfide) groups is 1. The van der Waals surface area contributed by atoms with E-state index in [4.69, 9.17) is 4.74 Å². The quantitative estimate of drug-likeness (QED) is 0.788. The van der Waals surface area contributed by atoms with Crippen molar-refractivity contribution in [2.24, 2.45) is 0 Å². The van der Waals surface area contributed by atoms with E-state index in [0.717, 1.165) is 5.75 Å². The Bertz CT molecular complexity index is 667. The summed E-state index contributed by atoms with van der Waals surface area (Å²) in [7, 11) is -2.17. The smallest absolute Gasteiger partial charge is 0.264 e. The summed E-state index contributed by atoms with van der Waals surface area (Å²) in [6.07, 6.45) is 0. The van der Waals surface area contributed by atoms with Crippen molar-refractivity contribution >= 4 is 27.7 Å². The van der Waals surface area contributed by atoms with Crippen molar-refractivity contribution < 1.29 is 13.2 Å². The minimum Gasteiger partial charge on any atom is -0.497 e. The van der Waals surface area contributed by atoms with E-state index < -0.39 is 10.0 Å². The first-order chi connectivity index (χ1) is 9.55. The van der Waals surface area contributed by atoms with Gasteiger partial charge in [0.05, 0.1) is 12.0 Å². The molecule has 2 rings (SSSR count). The van der Waals surface area contributed by atoms with Crippen LogP contribution in [0.4, 0.5) is 5.95 Å². The van der Waals surface area contributed by atoms with Gasteiger partial charge in [0.1, 0.15) is 5.75 Å². The third-order valence-electron chi connectivity index (χ3n) is 2.34. The standard InChI is InChI=1S/C11H14N4O3S2/c1-3-19-11-12-10(13-14-11)15-20(16,17)9-6-4-8(18-2)5-7-9/h4-7H,3H2,1-2H3,(H2,12,13,14,15). The first-order valence-corrected chi connectivity index (χ1v) is 8.24. The van der Waals surface area contributed by atoms with Gasteiger partial charge >= 0.3 is 0 Å². The Kier molecular flexibility index (Phi) is 4.50. The second-order valence-electron chi connectivity index (χ2n) is 3.68. The molecule has 2 N–H and O–H groups in total. The molecule has 108 valence electrons. The number of benzene rings is 1. The molecule has 0 aliphatic carbocycles. The Labute approximate surface area is 121 Å². The van der Waals surface area contributed by atoms with Gasteiger partial charge in [-0.2, -0.15) is 4.98 Å². The molecule has 0 aliphatic heterocycles. The molecule has 0 amide bonds. The van der Waals surface area contributed by atoms with Crippen LogP contribution in [0.2, 0.25) is 0 Å². The zero-order chi connectivity index (χ0) is 14.6. The first-order valence-electron chi connectivity index (χ1n) is 5.77. The molecule has 1 aromatic carbocycles. The normalized spacial score (nSPS) is 11.3. The molecule has 0 radical (unpaired) electrons. The summed E-state index contributed by atoms with van der Waals surface area (Å²) in [4.78, 5) is 4.15. The van der Waals surface area contributed by atoms with Gasteiger partial charge in [0.25, 0.3) is 10.0 Å². The molecular weight excluding hydrogens is 300 g/mol. The van der Waals surface area contributed by atoms with Crippen molar-refractivity contribution in [2.75, 3.05) is 17.6 Å². The van der Waals surface area contributed by atoms with E-state index in [2.05, 4.69) is 19.9 Å². The summed E-state index contributed by atoms with van der Waals surface area (Å²) in [5.74, 6) is 1.49. The molecule has 7 nitrogen and oxygen atoms in total. The highest BCUT2D eigenvalue weighted by molar-refractivity contribution is 7.99. The van der Waals surface area contributed by atoms with Gasteiger partial charge in [-0.05, 0) is 30.0 Å². The van der Waals surface area contributed by atoms with Crippen molar-refractivity contribution in [3.8, 4) is 5.75 Å². The van der Waals surface area contributed by atoms with E-state index in [1.165, 1.54) is 31.0 Å². The molecular formula is C11H14N4O3S2. The maximum atomic E-state index is 12.1. The predicted octanol–water partition coefficient (Wildman–Crippen LogP) is 1.73. The number of sulfonamides is 1. The number of nitrogens with zero attached hydrogens (tertiary/aromatic N) is 2. The average molecular weight is 314 g/mol. The molecule has 0 saturated carbocycles. The van der Waals surface area contributed by atoms with Gasteiger partial charge in [0, 0.05) is 0 Å². The Morgan fingerprint density at radius 3 is 2.65 bits per heavy atom. The number of rotatable bonds is 6. The number of hydrogen-bond donors (Lipinski definition) is 2. The molecule has 0 aliphatic rings. The molecule has 0 saturated heterocycles. The lowest BCUT2D eigenvalue weighted by Gasteiger charge is -2.05. The topological polar surface area (TPSA) is 97.0 Å². The van der Waals surface area contributed by atoms with Crippen molar-refractivity contribution in [2.45, 2.75) is 17.0 Å². The number of hydrogen-bond acceptors (Lipinski definition) is 6. The van der Waals surface area contributed by atoms with E-state index in [-0.39, 0.29) is 10.8 Å². The molecule has 1 aromatic heterocycles. The third kappa shape index (κ3) is 3.42. The Morgan fingerprint density at radius 2 is 2.05 bits per heavy atom. The van der Waals surface area contributed by atoms with Crippen LogP contribution >= 0.6 is 11.8 Å². The van der Waals surface area contributed by atoms with Crippen LogP contribution in [0.15, 0.2) is 34.3 Å². The summed E-state index contributed by atoms with van der Waals surface area (Å²) >= 11 is 1.42. The third-order valence-corrected chi connectivity index (χ3v) is 4.42. The highest BCUT2D eigenvalue weighted by Crippen LogP contribution is 2.19. The van der Waals surface area contributed by atoms with Crippen LogP contribution in [0.1, 0.15) is 6.92 Å². The molecule has 0 spiro atoms. The van der Waals surface area contributed by atoms with Crippen LogP contribution in [0, 0.1) is 0 Å². The number of H-pyrrole nitrogens is 1. The lowest BCUT2D eigenvalue weighted by atomic mass is 10.3. The molecule has 1 heterocycles. The summed E-state index contributed by atoms with van der Waals surface area (Å²) in [5.41, 5.74) is 0. The van der Waals surface area contributed by atoms with Gasteiger partial charge in [-0.3, -0.25) is 0 Å². The van der Waals surface area contributed by atoms with Crippen LogP contribution in [0.3, 0.4) is 0 Å². The van der Waals surface area contributed by atoms with Crippen LogP contribution in [-0.2, 0) is 10.0 Å². The van der Waals surface area contributed by atoms with Gasteiger partial charge in [-0.15, -0.1) is 5.10 Å². The second-order valence-corrected chi connectivity index (χ2v) is 6.59. The van der Waals surface area contributed by atoms with Gasteiger partial charge < -0.3 is 4.74 Å². The van der Waals surface area contributed by atoms with Gasteiger partial charge in [0.2, 0.25) is 11.1 Å². The number of methoxy groups -OCH3 is 1. The van der Waals surface area contributed by atoms with Gasteiger partial charge in [-0.25, -0.2) is 18.2 Å².